The number of rotatable bonds is 2. The van der Waals surface area contributed by atoms with Crippen molar-refractivity contribution >= 4 is 9.84 Å². The Balaban J connectivity index is 2.66. The number of hydrogen-bond donors (Lipinski definition) is 1. The van der Waals surface area contributed by atoms with Crippen molar-refractivity contribution in [2.24, 2.45) is 0 Å². The SMILES string of the molecule is CS(=O)(=O)c1cc(CO)cc2c1OCCO2. The van der Waals surface area contributed by atoms with E-state index in [1.807, 2.05) is 0 Å². The average Bonchev–Trinajstić information content (AvgIpc) is 2.26. The molecule has 16 heavy (non-hydrogen) atoms. The first-order valence-corrected chi connectivity index (χ1v) is 6.65. The van der Waals surface area contributed by atoms with E-state index in [2.05, 4.69) is 0 Å². The normalized spacial score (nSPS) is 14.9. The molecule has 0 bridgehead atoms. The summed E-state index contributed by atoms with van der Waals surface area (Å²) in [6.45, 7) is 0.470. The molecule has 1 N–H and O–H groups in total. The van der Waals surface area contributed by atoms with Crippen molar-refractivity contribution in [1.82, 2.24) is 0 Å². The average molecular weight is 244 g/mol. The predicted molar refractivity (Wildman–Crippen MR) is 56.5 cm³/mol. The lowest BCUT2D eigenvalue weighted by atomic mass is 10.2. The fraction of sp³-hybridized carbons (Fsp3) is 0.400. The second-order valence-electron chi connectivity index (χ2n) is 3.55. The van der Waals surface area contributed by atoms with Gasteiger partial charge in [-0.1, -0.05) is 0 Å². The van der Waals surface area contributed by atoms with Crippen LogP contribution in [0.1, 0.15) is 5.56 Å². The highest BCUT2D eigenvalue weighted by molar-refractivity contribution is 7.90. The van der Waals surface area contributed by atoms with Gasteiger partial charge >= 0.3 is 0 Å². The van der Waals surface area contributed by atoms with E-state index >= 15 is 0 Å². The number of aliphatic hydroxyl groups excluding tert-OH is 1. The summed E-state index contributed by atoms with van der Waals surface area (Å²) >= 11 is 0. The molecule has 5 nitrogen and oxygen atoms in total. The molecule has 0 radical (unpaired) electrons. The van der Waals surface area contributed by atoms with Gasteiger partial charge < -0.3 is 14.6 Å². The molecular weight excluding hydrogens is 232 g/mol. The monoisotopic (exact) mass is 244 g/mol. The van der Waals surface area contributed by atoms with Gasteiger partial charge in [-0.2, -0.15) is 0 Å². The van der Waals surface area contributed by atoms with Gasteiger partial charge in [-0.25, -0.2) is 8.42 Å². The molecule has 0 saturated carbocycles. The zero-order valence-corrected chi connectivity index (χ0v) is 9.58. The molecule has 0 amide bonds. The maximum absolute atomic E-state index is 11.6. The first-order chi connectivity index (χ1) is 7.52. The summed E-state index contributed by atoms with van der Waals surface area (Å²) in [7, 11) is -3.39. The van der Waals surface area contributed by atoms with Crippen LogP contribution in [0, 0.1) is 0 Å². The minimum atomic E-state index is -3.39. The topological polar surface area (TPSA) is 72.8 Å². The van der Waals surface area contributed by atoms with Gasteiger partial charge in [-0.05, 0) is 17.7 Å². The fourth-order valence-electron chi connectivity index (χ4n) is 1.54. The van der Waals surface area contributed by atoms with Crippen LogP contribution in [0.3, 0.4) is 0 Å². The Morgan fingerprint density at radius 2 is 2.00 bits per heavy atom. The van der Waals surface area contributed by atoms with Crippen LogP contribution in [0.5, 0.6) is 11.5 Å². The molecule has 1 heterocycles. The third-order valence-corrected chi connectivity index (χ3v) is 3.35. The highest BCUT2D eigenvalue weighted by atomic mass is 32.2. The van der Waals surface area contributed by atoms with Crippen LogP contribution in [-0.4, -0.2) is 33.0 Å². The molecule has 1 aromatic rings. The first-order valence-electron chi connectivity index (χ1n) is 4.76. The van der Waals surface area contributed by atoms with Crippen molar-refractivity contribution in [2.75, 3.05) is 19.5 Å². The summed E-state index contributed by atoms with van der Waals surface area (Å²) in [6.07, 6.45) is 1.10. The van der Waals surface area contributed by atoms with Gasteiger partial charge in [0.1, 0.15) is 18.1 Å². The zero-order valence-electron chi connectivity index (χ0n) is 8.76. The Hall–Kier alpha value is -1.27. The van der Waals surface area contributed by atoms with Gasteiger partial charge in [0.2, 0.25) is 0 Å². The molecule has 0 aromatic heterocycles. The van der Waals surface area contributed by atoms with Gasteiger partial charge in [0.05, 0.1) is 6.61 Å². The van der Waals surface area contributed by atoms with Crippen LogP contribution in [0.15, 0.2) is 17.0 Å². The number of hydrogen-bond acceptors (Lipinski definition) is 5. The molecule has 6 heteroatoms. The van der Waals surface area contributed by atoms with E-state index in [1.165, 1.54) is 6.07 Å². The Morgan fingerprint density at radius 1 is 1.31 bits per heavy atom. The van der Waals surface area contributed by atoms with Crippen molar-refractivity contribution in [2.45, 2.75) is 11.5 Å². The fourth-order valence-corrected chi connectivity index (χ4v) is 2.40. The summed E-state index contributed by atoms with van der Waals surface area (Å²) in [5.41, 5.74) is 0.490. The quantitative estimate of drug-likeness (QED) is 0.812. The highest BCUT2D eigenvalue weighted by Gasteiger charge is 2.23. The van der Waals surface area contributed by atoms with Crippen molar-refractivity contribution in [3.8, 4) is 11.5 Å². The number of benzene rings is 1. The minimum absolute atomic E-state index is 0.0637. The van der Waals surface area contributed by atoms with E-state index in [0.29, 0.717) is 24.5 Å². The van der Waals surface area contributed by atoms with Gasteiger partial charge in [0.15, 0.2) is 21.3 Å². The van der Waals surface area contributed by atoms with Gasteiger partial charge in [-0.15, -0.1) is 0 Å². The molecule has 1 aliphatic rings. The molecule has 2 rings (SSSR count). The molecule has 0 spiro atoms. The lowest BCUT2D eigenvalue weighted by molar-refractivity contribution is 0.166. The summed E-state index contributed by atoms with van der Waals surface area (Å²) in [4.78, 5) is 0.0637. The summed E-state index contributed by atoms with van der Waals surface area (Å²) in [5, 5.41) is 9.04. The second-order valence-corrected chi connectivity index (χ2v) is 5.53. The number of fused-ring (bicyclic) bond motifs is 1. The van der Waals surface area contributed by atoms with E-state index in [0.717, 1.165) is 6.26 Å². The highest BCUT2D eigenvalue weighted by Crippen LogP contribution is 2.37. The number of sulfone groups is 1. The van der Waals surface area contributed by atoms with Gasteiger partial charge in [0, 0.05) is 6.26 Å². The van der Waals surface area contributed by atoms with Crippen molar-refractivity contribution < 1.29 is 23.0 Å². The van der Waals surface area contributed by atoms with Crippen molar-refractivity contribution in [1.29, 1.82) is 0 Å². The van der Waals surface area contributed by atoms with Crippen LogP contribution in [0.4, 0.5) is 0 Å². The predicted octanol–water partition coefficient (Wildman–Crippen LogP) is 0.354. The first kappa shape index (κ1) is 11.2. The maximum atomic E-state index is 11.6. The Morgan fingerprint density at radius 3 is 2.62 bits per heavy atom. The third kappa shape index (κ3) is 1.98. The molecule has 0 unspecified atom stereocenters. The molecule has 0 aliphatic carbocycles. The standard InChI is InChI=1S/C10H12O5S/c1-16(12,13)9-5-7(6-11)4-8-10(9)15-3-2-14-8/h4-5,11H,2-3,6H2,1H3. The van der Waals surface area contributed by atoms with Gasteiger partial charge in [0.25, 0.3) is 0 Å². The van der Waals surface area contributed by atoms with Crippen molar-refractivity contribution in [3.63, 3.8) is 0 Å². The van der Waals surface area contributed by atoms with Gasteiger partial charge in [-0.3, -0.25) is 0 Å². The molecule has 0 fully saturated rings. The van der Waals surface area contributed by atoms with Crippen molar-refractivity contribution in [3.05, 3.63) is 17.7 Å². The maximum Gasteiger partial charge on any atom is 0.179 e. The lowest BCUT2D eigenvalue weighted by Crippen LogP contribution is -2.18. The minimum Gasteiger partial charge on any atom is -0.486 e. The molecule has 1 aliphatic heterocycles. The largest absolute Gasteiger partial charge is 0.486 e. The third-order valence-electron chi connectivity index (χ3n) is 2.25. The lowest BCUT2D eigenvalue weighted by Gasteiger charge is -2.21. The van der Waals surface area contributed by atoms with Crippen LogP contribution < -0.4 is 9.47 Å². The zero-order chi connectivity index (χ0) is 11.8. The molecule has 0 saturated heterocycles. The Kier molecular flexibility index (Phi) is 2.77. The van der Waals surface area contributed by atoms with Crippen LogP contribution in [0.2, 0.25) is 0 Å². The Bertz CT molecular complexity index is 506. The number of aliphatic hydroxyl groups is 1. The van der Waals surface area contributed by atoms with Crippen LogP contribution in [-0.2, 0) is 16.4 Å². The van der Waals surface area contributed by atoms with E-state index < -0.39 is 9.84 Å². The Labute approximate surface area is 93.5 Å². The smallest absolute Gasteiger partial charge is 0.179 e. The van der Waals surface area contributed by atoms with Crippen LogP contribution in [0.25, 0.3) is 0 Å². The molecule has 88 valence electrons. The van der Waals surface area contributed by atoms with E-state index in [4.69, 9.17) is 14.6 Å². The van der Waals surface area contributed by atoms with E-state index in [-0.39, 0.29) is 17.3 Å². The summed E-state index contributed by atoms with van der Waals surface area (Å²) in [6, 6.07) is 2.99. The molecular formula is C10H12O5S. The summed E-state index contributed by atoms with van der Waals surface area (Å²) in [5.74, 6) is 0.615. The van der Waals surface area contributed by atoms with Crippen LogP contribution >= 0.6 is 0 Å². The molecule has 0 atom stereocenters. The summed E-state index contributed by atoms with van der Waals surface area (Å²) < 4.78 is 33.7. The molecule has 1 aromatic carbocycles. The van der Waals surface area contributed by atoms with E-state index in [1.54, 1.807) is 6.07 Å². The van der Waals surface area contributed by atoms with E-state index in [9.17, 15) is 8.42 Å². The number of ether oxygens (including phenoxy) is 2. The second kappa shape index (κ2) is 3.95.